The highest BCUT2D eigenvalue weighted by Gasteiger charge is 2.20. The molecule has 0 aromatic heterocycles. The summed E-state index contributed by atoms with van der Waals surface area (Å²) in [6.45, 7) is 4.62. The summed E-state index contributed by atoms with van der Waals surface area (Å²) < 4.78 is 0. The second kappa shape index (κ2) is 6.78. The van der Waals surface area contributed by atoms with Gasteiger partial charge in [0.05, 0.1) is 0 Å². The third kappa shape index (κ3) is 3.25. The third-order valence-electron chi connectivity index (χ3n) is 4.31. The van der Waals surface area contributed by atoms with Gasteiger partial charge >= 0.3 is 0 Å². The first-order valence-corrected chi connectivity index (χ1v) is 7.59. The molecule has 1 aromatic rings. The van der Waals surface area contributed by atoms with Crippen LogP contribution in [-0.2, 0) is 0 Å². The lowest BCUT2D eigenvalue weighted by atomic mass is 9.79. The van der Waals surface area contributed by atoms with Gasteiger partial charge in [-0.15, -0.1) is 0 Å². The van der Waals surface area contributed by atoms with Crippen molar-refractivity contribution in [2.75, 3.05) is 0 Å². The topological polar surface area (TPSA) is 0 Å². The van der Waals surface area contributed by atoms with Gasteiger partial charge < -0.3 is 0 Å². The van der Waals surface area contributed by atoms with E-state index in [0.29, 0.717) is 5.92 Å². The Balaban J connectivity index is 2.06. The average molecular weight is 242 g/mol. The Hall–Kier alpha value is -1.04. The molecule has 0 saturated carbocycles. The standard InChI is InChI=1S/C18H26/c1-3-8-15-11-13-17(14-12-15)18(4-2)16-9-6-5-7-10-16/h5-7,9-10,13,15,18H,3-4,8,11-12,14H2,1-2H3. The fraction of sp³-hybridized carbons (Fsp3) is 0.556. The van der Waals surface area contributed by atoms with Crippen LogP contribution in [0, 0.1) is 5.92 Å². The molecule has 98 valence electrons. The van der Waals surface area contributed by atoms with Gasteiger partial charge in [-0.05, 0) is 37.2 Å². The summed E-state index contributed by atoms with van der Waals surface area (Å²) in [7, 11) is 0. The Morgan fingerprint density at radius 2 is 1.94 bits per heavy atom. The Labute approximate surface area is 112 Å². The van der Waals surface area contributed by atoms with Crippen molar-refractivity contribution in [3.63, 3.8) is 0 Å². The van der Waals surface area contributed by atoms with Gasteiger partial charge in [0, 0.05) is 5.92 Å². The van der Waals surface area contributed by atoms with Gasteiger partial charge in [0.2, 0.25) is 0 Å². The SMILES string of the molecule is CCCC1CC=C(C(CC)c2ccccc2)CC1. The first-order valence-electron chi connectivity index (χ1n) is 7.59. The van der Waals surface area contributed by atoms with E-state index in [4.69, 9.17) is 0 Å². The largest absolute Gasteiger partial charge is 0.0844 e. The van der Waals surface area contributed by atoms with Crippen LogP contribution in [0.5, 0.6) is 0 Å². The van der Waals surface area contributed by atoms with Crippen LogP contribution in [0.1, 0.15) is 63.9 Å². The summed E-state index contributed by atoms with van der Waals surface area (Å²) in [4.78, 5) is 0. The van der Waals surface area contributed by atoms with Gasteiger partial charge in [-0.3, -0.25) is 0 Å². The Kier molecular flexibility index (Phi) is 5.04. The number of allylic oxidation sites excluding steroid dienone is 2. The molecule has 0 fully saturated rings. The highest BCUT2D eigenvalue weighted by atomic mass is 14.2. The van der Waals surface area contributed by atoms with Crippen LogP contribution in [-0.4, -0.2) is 0 Å². The van der Waals surface area contributed by atoms with Crippen molar-refractivity contribution < 1.29 is 0 Å². The molecule has 0 heteroatoms. The van der Waals surface area contributed by atoms with E-state index in [1.165, 1.54) is 44.1 Å². The summed E-state index contributed by atoms with van der Waals surface area (Å²) in [5, 5.41) is 0. The molecule has 0 spiro atoms. The molecule has 2 atom stereocenters. The number of hydrogen-bond acceptors (Lipinski definition) is 0. The zero-order valence-electron chi connectivity index (χ0n) is 11.9. The summed E-state index contributed by atoms with van der Waals surface area (Å²) >= 11 is 0. The highest BCUT2D eigenvalue weighted by molar-refractivity contribution is 5.29. The first kappa shape index (κ1) is 13.4. The van der Waals surface area contributed by atoms with Crippen LogP contribution in [0.4, 0.5) is 0 Å². The van der Waals surface area contributed by atoms with Crippen molar-refractivity contribution >= 4 is 0 Å². The molecule has 0 N–H and O–H groups in total. The zero-order chi connectivity index (χ0) is 12.8. The summed E-state index contributed by atoms with van der Waals surface area (Å²) in [6, 6.07) is 11.0. The van der Waals surface area contributed by atoms with Crippen LogP contribution in [0.2, 0.25) is 0 Å². The molecule has 18 heavy (non-hydrogen) atoms. The lowest BCUT2D eigenvalue weighted by molar-refractivity contribution is 0.423. The van der Waals surface area contributed by atoms with E-state index in [0.717, 1.165) is 5.92 Å². The third-order valence-corrected chi connectivity index (χ3v) is 4.31. The molecule has 2 unspecified atom stereocenters. The van der Waals surface area contributed by atoms with E-state index in [-0.39, 0.29) is 0 Å². The van der Waals surface area contributed by atoms with Crippen molar-refractivity contribution in [2.24, 2.45) is 5.92 Å². The second-order valence-corrected chi connectivity index (χ2v) is 5.58. The lowest BCUT2D eigenvalue weighted by Gasteiger charge is -2.27. The number of benzene rings is 1. The molecule has 0 nitrogen and oxygen atoms in total. The minimum Gasteiger partial charge on any atom is -0.0844 e. The molecule has 1 aliphatic carbocycles. The van der Waals surface area contributed by atoms with Gasteiger partial charge in [0.25, 0.3) is 0 Å². The molecule has 0 aliphatic heterocycles. The maximum absolute atomic E-state index is 2.55. The van der Waals surface area contributed by atoms with Crippen LogP contribution in [0.25, 0.3) is 0 Å². The summed E-state index contributed by atoms with van der Waals surface area (Å²) in [5.74, 6) is 1.61. The molecule has 1 aromatic carbocycles. The summed E-state index contributed by atoms with van der Waals surface area (Å²) in [6.07, 6.45) is 10.6. The zero-order valence-corrected chi connectivity index (χ0v) is 11.9. The van der Waals surface area contributed by atoms with Gasteiger partial charge in [-0.1, -0.05) is 68.7 Å². The van der Waals surface area contributed by atoms with Crippen molar-refractivity contribution in [1.29, 1.82) is 0 Å². The van der Waals surface area contributed by atoms with E-state index < -0.39 is 0 Å². The van der Waals surface area contributed by atoms with E-state index in [1.54, 1.807) is 5.57 Å². The molecular weight excluding hydrogens is 216 g/mol. The van der Waals surface area contributed by atoms with E-state index in [2.05, 4.69) is 50.3 Å². The van der Waals surface area contributed by atoms with Crippen molar-refractivity contribution in [2.45, 2.75) is 58.3 Å². The smallest absolute Gasteiger partial charge is 0.00455 e. The fourth-order valence-corrected chi connectivity index (χ4v) is 3.29. The highest BCUT2D eigenvalue weighted by Crippen LogP contribution is 2.36. The van der Waals surface area contributed by atoms with E-state index in [9.17, 15) is 0 Å². The molecule has 0 radical (unpaired) electrons. The predicted molar refractivity (Wildman–Crippen MR) is 79.8 cm³/mol. The molecule has 0 saturated heterocycles. The maximum Gasteiger partial charge on any atom is 0.00455 e. The number of rotatable bonds is 5. The van der Waals surface area contributed by atoms with Gasteiger partial charge in [-0.25, -0.2) is 0 Å². The molecule has 1 aliphatic rings. The maximum atomic E-state index is 2.55. The summed E-state index contributed by atoms with van der Waals surface area (Å²) in [5.41, 5.74) is 3.19. The Morgan fingerprint density at radius 3 is 2.50 bits per heavy atom. The van der Waals surface area contributed by atoms with Gasteiger partial charge in [0.1, 0.15) is 0 Å². The van der Waals surface area contributed by atoms with Gasteiger partial charge in [0.15, 0.2) is 0 Å². The molecule has 0 amide bonds. The van der Waals surface area contributed by atoms with E-state index in [1.807, 2.05) is 0 Å². The molecular formula is C18H26. The van der Waals surface area contributed by atoms with Crippen molar-refractivity contribution in [3.8, 4) is 0 Å². The second-order valence-electron chi connectivity index (χ2n) is 5.58. The predicted octanol–water partition coefficient (Wildman–Crippen LogP) is 5.71. The van der Waals surface area contributed by atoms with Crippen LogP contribution >= 0.6 is 0 Å². The molecule has 2 rings (SSSR count). The quantitative estimate of drug-likeness (QED) is 0.580. The van der Waals surface area contributed by atoms with Crippen molar-refractivity contribution in [1.82, 2.24) is 0 Å². The minimum atomic E-state index is 0.661. The average Bonchev–Trinajstić information content (AvgIpc) is 2.43. The Morgan fingerprint density at radius 1 is 1.17 bits per heavy atom. The van der Waals surface area contributed by atoms with Crippen LogP contribution in [0.3, 0.4) is 0 Å². The first-order chi connectivity index (χ1) is 8.85. The number of hydrogen-bond donors (Lipinski definition) is 0. The lowest BCUT2D eigenvalue weighted by Crippen LogP contribution is -2.10. The minimum absolute atomic E-state index is 0.661. The Bertz CT molecular complexity index is 374. The van der Waals surface area contributed by atoms with Crippen molar-refractivity contribution in [3.05, 3.63) is 47.5 Å². The monoisotopic (exact) mass is 242 g/mol. The molecule has 0 heterocycles. The van der Waals surface area contributed by atoms with Crippen LogP contribution in [0.15, 0.2) is 42.0 Å². The van der Waals surface area contributed by atoms with E-state index >= 15 is 0 Å². The fourth-order valence-electron chi connectivity index (χ4n) is 3.29. The van der Waals surface area contributed by atoms with Crippen LogP contribution < -0.4 is 0 Å². The normalized spacial score (nSPS) is 21.4. The van der Waals surface area contributed by atoms with Gasteiger partial charge in [-0.2, -0.15) is 0 Å². The molecule has 0 bridgehead atoms.